The molecule has 0 spiro atoms. The number of rotatable bonds is 3. The molecule has 1 saturated heterocycles. The Bertz CT molecular complexity index is 607. The Hall–Kier alpha value is -1.45. The van der Waals surface area contributed by atoms with Crippen LogP contribution in [0.15, 0.2) is 16.3 Å². The van der Waals surface area contributed by atoms with E-state index < -0.39 is 16.0 Å². The molecule has 1 aliphatic heterocycles. The van der Waals surface area contributed by atoms with Gasteiger partial charge in [-0.1, -0.05) is 0 Å². The monoisotopic (exact) mass is 304 g/mol. The molecule has 0 unspecified atom stereocenters. The summed E-state index contributed by atoms with van der Waals surface area (Å²) in [5.74, 6) is -1.47. The number of hydrogen-bond donors (Lipinski definition) is 2. The summed E-state index contributed by atoms with van der Waals surface area (Å²) in [5, 5.41) is 13.0. The molecule has 0 radical (unpaired) electrons. The van der Waals surface area contributed by atoms with Crippen molar-refractivity contribution >= 4 is 33.2 Å². The van der Waals surface area contributed by atoms with Crippen LogP contribution in [0.25, 0.3) is 0 Å². The fourth-order valence-electron chi connectivity index (χ4n) is 1.78. The van der Waals surface area contributed by atoms with Gasteiger partial charge >= 0.3 is 5.97 Å². The van der Waals surface area contributed by atoms with Gasteiger partial charge in [-0.3, -0.25) is 4.79 Å². The number of amides is 1. The smallest absolute Gasteiger partial charge is 0.347 e. The normalized spacial score (nSPS) is 17.8. The van der Waals surface area contributed by atoms with E-state index in [-0.39, 0.29) is 41.7 Å². The molecule has 1 amide bonds. The van der Waals surface area contributed by atoms with Crippen LogP contribution in [-0.4, -0.2) is 49.3 Å². The molecule has 104 valence electrons. The maximum absolute atomic E-state index is 12.4. The van der Waals surface area contributed by atoms with Crippen LogP contribution in [0.4, 0.5) is 0 Å². The summed E-state index contributed by atoms with van der Waals surface area (Å²) in [4.78, 5) is 21.8. The van der Waals surface area contributed by atoms with Crippen LogP contribution in [0.2, 0.25) is 0 Å². The molecule has 1 fully saturated rings. The van der Waals surface area contributed by atoms with E-state index in [0.29, 0.717) is 0 Å². The number of carboxylic acids is 1. The minimum absolute atomic E-state index is 0.0586. The number of aromatic carboxylic acids is 1. The van der Waals surface area contributed by atoms with Crippen molar-refractivity contribution in [1.82, 2.24) is 9.62 Å². The van der Waals surface area contributed by atoms with E-state index in [9.17, 15) is 18.0 Å². The van der Waals surface area contributed by atoms with Crippen molar-refractivity contribution < 1.29 is 23.1 Å². The summed E-state index contributed by atoms with van der Waals surface area (Å²) in [6.07, 6.45) is 0.0752. The van der Waals surface area contributed by atoms with Gasteiger partial charge in [-0.15, -0.1) is 11.3 Å². The highest BCUT2D eigenvalue weighted by Crippen LogP contribution is 2.25. The van der Waals surface area contributed by atoms with Gasteiger partial charge in [-0.25, -0.2) is 13.2 Å². The molecule has 2 heterocycles. The van der Waals surface area contributed by atoms with Crippen molar-refractivity contribution in [2.75, 3.05) is 19.6 Å². The SMILES string of the molecule is O=C1CCN(S(=O)(=O)c2ccsc2C(=O)O)CCN1. The number of thiophene rings is 1. The molecule has 0 aliphatic carbocycles. The molecular weight excluding hydrogens is 292 g/mol. The second-order valence-corrected chi connectivity index (χ2v) is 6.75. The average Bonchev–Trinajstić information content (AvgIpc) is 2.73. The predicted molar refractivity (Wildman–Crippen MR) is 67.7 cm³/mol. The van der Waals surface area contributed by atoms with Gasteiger partial charge in [0.2, 0.25) is 15.9 Å². The van der Waals surface area contributed by atoms with Gasteiger partial charge in [0.25, 0.3) is 0 Å². The van der Waals surface area contributed by atoms with Crippen molar-refractivity contribution in [3.05, 3.63) is 16.3 Å². The lowest BCUT2D eigenvalue weighted by atomic mass is 10.4. The van der Waals surface area contributed by atoms with Crippen LogP contribution >= 0.6 is 11.3 Å². The van der Waals surface area contributed by atoms with E-state index in [2.05, 4.69) is 5.32 Å². The minimum atomic E-state index is -3.87. The van der Waals surface area contributed by atoms with Gasteiger partial charge in [-0.05, 0) is 11.4 Å². The highest BCUT2D eigenvalue weighted by molar-refractivity contribution is 7.89. The molecular formula is C10H12N2O5S2. The average molecular weight is 304 g/mol. The standard InChI is InChI=1S/C10H12N2O5S2/c13-8-1-4-12(5-3-11-8)19(16,17)7-2-6-18-9(7)10(14)15/h2,6H,1,3-5H2,(H,11,13)(H,14,15). The highest BCUT2D eigenvalue weighted by Gasteiger charge is 2.31. The lowest BCUT2D eigenvalue weighted by Crippen LogP contribution is -2.34. The zero-order valence-corrected chi connectivity index (χ0v) is 11.5. The fourth-order valence-corrected chi connectivity index (χ4v) is 4.46. The lowest BCUT2D eigenvalue weighted by molar-refractivity contribution is -0.120. The third kappa shape index (κ3) is 2.77. The van der Waals surface area contributed by atoms with Crippen LogP contribution in [0.3, 0.4) is 0 Å². The van der Waals surface area contributed by atoms with E-state index in [1.165, 1.54) is 11.4 Å². The topological polar surface area (TPSA) is 104 Å². The number of sulfonamides is 1. The van der Waals surface area contributed by atoms with E-state index in [1.807, 2.05) is 0 Å². The van der Waals surface area contributed by atoms with Gasteiger partial charge < -0.3 is 10.4 Å². The summed E-state index contributed by atoms with van der Waals surface area (Å²) >= 11 is 0.866. The number of nitrogens with one attached hydrogen (secondary N) is 1. The highest BCUT2D eigenvalue weighted by atomic mass is 32.2. The fraction of sp³-hybridized carbons (Fsp3) is 0.400. The van der Waals surface area contributed by atoms with Crippen molar-refractivity contribution in [3.63, 3.8) is 0 Å². The van der Waals surface area contributed by atoms with E-state index >= 15 is 0 Å². The van der Waals surface area contributed by atoms with Crippen LogP contribution in [0, 0.1) is 0 Å². The molecule has 0 saturated carbocycles. The van der Waals surface area contributed by atoms with Gasteiger partial charge in [0.15, 0.2) is 0 Å². The molecule has 0 aromatic carbocycles. The molecule has 0 bridgehead atoms. The Kier molecular flexibility index (Phi) is 3.88. The third-order valence-electron chi connectivity index (χ3n) is 2.71. The maximum atomic E-state index is 12.4. The zero-order valence-electron chi connectivity index (χ0n) is 9.83. The van der Waals surface area contributed by atoms with E-state index in [0.717, 1.165) is 15.6 Å². The summed E-state index contributed by atoms with van der Waals surface area (Å²) in [5.41, 5.74) is 0. The number of nitrogens with zero attached hydrogens (tertiary/aromatic N) is 1. The first-order valence-electron chi connectivity index (χ1n) is 5.50. The molecule has 9 heteroatoms. The third-order valence-corrected chi connectivity index (χ3v) is 5.69. The predicted octanol–water partition coefficient (Wildman–Crippen LogP) is -0.0431. The van der Waals surface area contributed by atoms with Crippen molar-refractivity contribution in [1.29, 1.82) is 0 Å². The van der Waals surface area contributed by atoms with Crippen molar-refractivity contribution in [2.24, 2.45) is 0 Å². The first kappa shape index (κ1) is 14.0. The van der Waals surface area contributed by atoms with Crippen LogP contribution in [-0.2, 0) is 14.8 Å². The molecule has 2 N–H and O–H groups in total. The Labute approximate surface area is 113 Å². The van der Waals surface area contributed by atoms with Crippen LogP contribution in [0.5, 0.6) is 0 Å². The first-order valence-corrected chi connectivity index (χ1v) is 7.82. The van der Waals surface area contributed by atoms with E-state index in [1.54, 1.807) is 0 Å². The van der Waals surface area contributed by atoms with Crippen molar-refractivity contribution in [2.45, 2.75) is 11.3 Å². The summed E-state index contributed by atoms with van der Waals surface area (Å²) in [7, 11) is -3.87. The molecule has 19 heavy (non-hydrogen) atoms. The molecule has 1 aliphatic rings. The summed E-state index contributed by atoms with van der Waals surface area (Å²) < 4.78 is 25.9. The maximum Gasteiger partial charge on any atom is 0.347 e. The Morgan fingerprint density at radius 1 is 1.42 bits per heavy atom. The minimum Gasteiger partial charge on any atom is -0.477 e. The van der Waals surface area contributed by atoms with Gasteiger partial charge in [-0.2, -0.15) is 4.31 Å². The Morgan fingerprint density at radius 2 is 2.16 bits per heavy atom. The molecule has 1 aromatic rings. The van der Waals surface area contributed by atoms with Gasteiger partial charge in [0, 0.05) is 26.1 Å². The van der Waals surface area contributed by atoms with Crippen LogP contribution in [0.1, 0.15) is 16.1 Å². The summed E-state index contributed by atoms with van der Waals surface area (Å²) in [6, 6.07) is 1.28. The Morgan fingerprint density at radius 3 is 2.84 bits per heavy atom. The largest absolute Gasteiger partial charge is 0.477 e. The van der Waals surface area contributed by atoms with Gasteiger partial charge in [0.1, 0.15) is 9.77 Å². The second-order valence-electron chi connectivity index (χ2n) is 3.92. The second kappa shape index (κ2) is 5.27. The Balaban J connectivity index is 2.34. The number of hydrogen-bond acceptors (Lipinski definition) is 5. The zero-order chi connectivity index (χ0) is 14.0. The number of carboxylic acid groups (broad SMARTS) is 1. The quantitative estimate of drug-likeness (QED) is 0.815. The number of carbonyl (C=O) groups excluding carboxylic acids is 1. The molecule has 1 aromatic heterocycles. The molecule has 0 atom stereocenters. The molecule has 2 rings (SSSR count). The lowest BCUT2D eigenvalue weighted by Gasteiger charge is -2.18. The molecule has 7 nitrogen and oxygen atoms in total. The van der Waals surface area contributed by atoms with Crippen molar-refractivity contribution in [3.8, 4) is 0 Å². The van der Waals surface area contributed by atoms with Gasteiger partial charge in [0.05, 0.1) is 0 Å². The van der Waals surface area contributed by atoms with E-state index in [4.69, 9.17) is 5.11 Å². The number of carbonyl (C=O) groups is 2. The summed E-state index contributed by atoms with van der Waals surface area (Å²) in [6.45, 7) is 0.427. The first-order chi connectivity index (χ1) is 8.93. The van der Waals surface area contributed by atoms with Crippen LogP contribution < -0.4 is 5.32 Å².